The van der Waals surface area contributed by atoms with Crippen molar-refractivity contribution in [2.75, 3.05) is 20.3 Å². The van der Waals surface area contributed by atoms with Crippen molar-refractivity contribution in [3.05, 3.63) is 0 Å². The summed E-state index contributed by atoms with van der Waals surface area (Å²) in [5.74, 6) is -1.63. The van der Waals surface area contributed by atoms with Crippen LogP contribution in [-0.2, 0) is 33.2 Å². The zero-order chi connectivity index (χ0) is 26.9. The molecule has 0 spiro atoms. The van der Waals surface area contributed by atoms with Gasteiger partial charge in [-0.15, -0.1) is 0 Å². The fourth-order valence-electron chi connectivity index (χ4n) is 4.15. The molecule has 11 N–H and O–H groups in total. The molecular weight excluding hydrogens is 498 g/mol. The number of rotatable bonds is 8. The highest BCUT2D eigenvalue weighted by Gasteiger charge is 2.53. The van der Waals surface area contributed by atoms with Crippen molar-refractivity contribution in [1.82, 2.24) is 0 Å². The van der Waals surface area contributed by atoms with Crippen molar-refractivity contribution in [3.8, 4) is 0 Å². The number of methoxy groups -OCH3 is 1. The fourth-order valence-corrected chi connectivity index (χ4v) is 4.15. The third-order valence-corrected chi connectivity index (χ3v) is 6.33. The highest BCUT2D eigenvalue weighted by atomic mass is 16.7. The van der Waals surface area contributed by atoms with Gasteiger partial charge in [-0.25, -0.2) is 4.79 Å². The molecule has 36 heavy (non-hydrogen) atoms. The molecule has 0 bridgehead atoms. The van der Waals surface area contributed by atoms with Gasteiger partial charge in [0.05, 0.1) is 19.3 Å². The molecule has 0 aliphatic carbocycles. The molecule has 0 saturated carbocycles. The quantitative estimate of drug-likeness (QED) is 0.139. The van der Waals surface area contributed by atoms with Crippen molar-refractivity contribution in [2.24, 2.45) is 5.73 Å². The van der Waals surface area contributed by atoms with E-state index in [-0.39, 0.29) is 0 Å². The largest absolute Gasteiger partial charge is 0.479 e. The van der Waals surface area contributed by atoms with Gasteiger partial charge in [-0.2, -0.15) is 0 Å². The molecule has 15 atom stereocenters. The van der Waals surface area contributed by atoms with Crippen LogP contribution < -0.4 is 5.73 Å². The van der Waals surface area contributed by atoms with Crippen molar-refractivity contribution < 1.29 is 79.2 Å². The van der Waals surface area contributed by atoms with Gasteiger partial charge in [0.15, 0.2) is 25.0 Å². The first-order valence-corrected chi connectivity index (χ1v) is 11.0. The molecule has 0 aromatic carbocycles. The van der Waals surface area contributed by atoms with Gasteiger partial charge in [-0.1, -0.05) is 0 Å². The summed E-state index contributed by atoms with van der Waals surface area (Å²) < 4.78 is 31.5. The Morgan fingerprint density at radius 1 is 0.778 bits per heavy atom. The molecule has 3 heterocycles. The second-order valence-corrected chi connectivity index (χ2v) is 8.71. The van der Waals surface area contributed by atoms with Gasteiger partial charge in [-0.05, 0) is 0 Å². The molecular formula is C19H33NO16. The zero-order valence-electron chi connectivity index (χ0n) is 19.0. The van der Waals surface area contributed by atoms with Crippen LogP contribution in [-0.4, -0.2) is 164 Å². The van der Waals surface area contributed by atoms with Crippen molar-refractivity contribution in [1.29, 1.82) is 0 Å². The van der Waals surface area contributed by atoms with Crippen LogP contribution in [0.3, 0.4) is 0 Å². The first-order chi connectivity index (χ1) is 16.9. The number of aliphatic carboxylic acids is 1. The van der Waals surface area contributed by atoms with Crippen LogP contribution in [0.2, 0.25) is 0 Å². The van der Waals surface area contributed by atoms with Gasteiger partial charge in [0.2, 0.25) is 0 Å². The molecule has 3 rings (SSSR count). The fraction of sp³-hybridized carbons (Fsp3) is 0.947. The van der Waals surface area contributed by atoms with E-state index in [1.807, 2.05) is 0 Å². The first kappa shape index (κ1) is 29.4. The van der Waals surface area contributed by atoms with E-state index in [0.717, 1.165) is 0 Å². The summed E-state index contributed by atoms with van der Waals surface area (Å²) in [7, 11) is 1.19. The Morgan fingerprint density at radius 3 is 1.89 bits per heavy atom. The second kappa shape index (κ2) is 12.2. The standard InChI is InChI=1S/C19H33NO16/c1-31-18-12(27)11(26)8(23)5(34-18)3-32-17-6(20)9(24)14(15(36-17)16(29)30)35-19-13(28)10(25)7(22)4(2-21)33-19/h4-15,17-19,21-28H,2-3,20H2,1H3,(H,29,30)/t4-,5-,6+,7-,8-,9-,10+,11+,12-,13-,14+,15+,17-,18+,19-/m1/s1. The average Bonchev–Trinajstić information content (AvgIpc) is 2.85. The lowest BCUT2D eigenvalue weighted by Gasteiger charge is -2.46. The molecule has 210 valence electrons. The van der Waals surface area contributed by atoms with E-state index in [9.17, 15) is 50.8 Å². The van der Waals surface area contributed by atoms with Gasteiger partial charge < -0.3 is 80.1 Å². The van der Waals surface area contributed by atoms with Crippen LogP contribution in [0.4, 0.5) is 0 Å². The Balaban J connectivity index is 1.68. The summed E-state index contributed by atoms with van der Waals surface area (Å²) in [4.78, 5) is 11.9. The number of nitrogens with two attached hydrogens (primary N) is 1. The molecule has 0 radical (unpaired) electrons. The van der Waals surface area contributed by atoms with Crippen molar-refractivity contribution in [2.45, 2.75) is 92.1 Å². The number of carbonyl (C=O) groups is 1. The molecule has 3 aliphatic rings. The Labute approximate surface area is 204 Å². The number of carboxylic acid groups (broad SMARTS) is 1. The summed E-state index contributed by atoms with van der Waals surface area (Å²) in [6, 6.07) is -1.45. The van der Waals surface area contributed by atoms with Crippen LogP contribution in [0.5, 0.6) is 0 Å². The maximum absolute atomic E-state index is 11.9. The van der Waals surface area contributed by atoms with Gasteiger partial charge in [0.1, 0.15) is 61.0 Å². The maximum Gasteiger partial charge on any atom is 0.335 e. The van der Waals surface area contributed by atoms with Gasteiger partial charge >= 0.3 is 5.97 Å². The Hall–Kier alpha value is -1.13. The normalized spacial score (nSPS) is 50.1. The number of aliphatic hydroxyl groups is 8. The molecule has 3 fully saturated rings. The van der Waals surface area contributed by atoms with E-state index in [1.54, 1.807) is 0 Å². The van der Waals surface area contributed by atoms with Crippen LogP contribution >= 0.6 is 0 Å². The van der Waals surface area contributed by atoms with Crippen molar-refractivity contribution >= 4 is 5.97 Å². The third-order valence-electron chi connectivity index (χ3n) is 6.33. The van der Waals surface area contributed by atoms with Gasteiger partial charge in [-0.3, -0.25) is 0 Å². The summed E-state index contributed by atoms with van der Waals surface area (Å²) in [6.07, 6.45) is -23.0. The van der Waals surface area contributed by atoms with E-state index < -0.39 is 111 Å². The van der Waals surface area contributed by atoms with Crippen LogP contribution in [0, 0.1) is 0 Å². The van der Waals surface area contributed by atoms with Crippen LogP contribution in [0.1, 0.15) is 0 Å². The van der Waals surface area contributed by atoms with E-state index >= 15 is 0 Å². The first-order valence-electron chi connectivity index (χ1n) is 11.0. The highest BCUT2D eigenvalue weighted by Crippen LogP contribution is 2.30. The number of ether oxygens (including phenoxy) is 6. The molecule has 17 nitrogen and oxygen atoms in total. The average molecular weight is 531 g/mol. The smallest absolute Gasteiger partial charge is 0.335 e. The maximum atomic E-state index is 11.9. The molecule has 0 aromatic heterocycles. The minimum absolute atomic E-state index is 0.527. The minimum atomic E-state index is -1.94. The summed E-state index contributed by atoms with van der Waals surface area (Å²) in [5, 5.41) is 89.5. The monoisotopic (exact) mass is 531 g/mol. The number of carboxylic acids is 1. The minimum Gasteiger partial charge on any atom is -0.479 e. The highest BCUT2D eigenvalue weighted by molar-refractivity contribution is 5.73. The summed E-state index contributed by atoms with van der Waals surface area (Å²) in [5.41, 5.74) is 5.95. The van der Waals surface area contributed by atoms with E-state index in [0.29, 0.717) is 0 Å². The summed E-state index contributed by atoms with van der Waals surface area (Å²) >= 11 is 0. The Morgan fingerprint density at radius 2 is 1.33 bits per heavy atom. The van der Waals surface area contributed by atoms with Crippen LogP contribution in [0.15, 0.2) is 0 Å². The number of hydrogen-bond acceptors (Lipinski definition) is 16. The van der Waals surface area contributed by atoms with Crippen LogP contribution in [0.25, 0.3) is 0 Å². The lowest BCUT2D eigenvalue weighted by atomic mass is 9.95. The number of hydrogen-bond donors (Lipinski definition) is 10. The lowest BCUT2D eigenvalue weighted by Crippen LogP contribution is -2.67. The molecule has 3 aliphatic heterocycles. The topological polar surface area (TPSA) is 281 Å². The predicted octanol–water partition coefficient (Wildman–Crippen LogP) is -6.86. The number of aliphatic hydroxyl groups excluding tert-OH is 8. The van der Waals surface area contributed by atoms with E-state index in [4.69, 9.17) is 34.2 Å². The van der Waals surface area contributed by atoms with Gasteiger partial charge in [0, 0.05) is 7.11 Å². The molecule has 0 aromatic rings. The van der Waals surface area contributed by atoms with Gasteiger partial charge in [0.25, 0.3) is 0 Å². The van der Waals surface area contributed by atoms with E-state index in [2.05, 4.69) is 0 Å². The molecule has 0 unspecified atom stereocenters. The molecule has 17 heteroatoms. The molecule has 3 saturated heterocycles. The zero-order valence-corrected chi connectivity index (χ0v) is 19.0. The summed E-state index contributed by atoms with van der Waals surface area (Å²) in [6.45, 7) is -1.29. The lowest BCUT2D eigenvalue weighted by molar-refractivity contribution is -0.347. The predicted molar refractivity (Wildman–Crippen MR) is 109 cm³/mol. The van der Waals surface area contributed by atoms with E-state index in [1.165, 1.54) is 7.11 Å². The Kier molecular flexibility index (Phi) is 9.94. The SMILES string of the molecule is CO[C@H]1O[C@H](CO[C@@H]2O[C@H](C(=O)O)[C@@H](O[C@H]3O[C@H](CO)[C@@H](O)[C@H](O)[C@H]3O)[C@H](O)[C@@H]2N)[C@@H](O)[C@H](O)[C@H]1O. The molecule has 0 amide bonds. The second-order valence-electron chi connectivity index (χ2n) is 8.71. The Bertz CT molecular complexity index is 726. The van der Waals surface area contributed by atoms with Crippen molar-refractivity contribution in [3.63, 3.8) is 0 Å². The third kappa shape index (κ3) is 5.80.